The van der Waals surface area contributed by atoms with Crippen LogP contribution in [0.2, 0.25) is 0 Å². The first-order chi connectivity index (χ1) is 9.20. The average Bonchev–Trinajstić information content (AvgIpc) is 2.65. The normalized spacial score (nSPS) is 13.6. The quantitative estimate of drug-likeness (QED) is 0.842. The first-order valence-electron chi connectivity index (χ1n) is 6.76. The summed E-state index contributed by atoms with van der Waals surface area (Å²) in [5.41, 5.74) is 13.6. The van der Waals surface area contributed by atoms with E-state index in [-0.39, 0.29) is 17.4 Å². The van der Waals surface area contributed by atoms with Crippen molar-refractivity contribution in [1.82, 2.24) is 9.55 Å². The largest absolute Gasteiger partial charge is 0.399 e. The second kappa shape index (κ2) is 4.81. The lowest BCUT2D eigenvalue weighted by Gasteiger charge is -2.24. The molecular weight excluding hydrogens is 252 g/mol. The smallest absolute Gasteiger partial charge is 0.219 e. The third kappa shape index (κ3) is 2.61. The Kier molecular flexibility index (Phi) is 3.46. The number of hydrogen-bond donors (Lipinski definition) is 2. The van der Waals surface area contributed by atoms with Crippen molar-refractivity contribution in [3.8, 4) is 0 Å². The standard InChI is InChI=1S/C15H22N4O/c1-9(7-13(17)20)19-12-6-5-10(16)8-11(12)18-14(19)15(2,3)4/h5-6,8-9H,7,16H2,1-4H3,(H2,17,20). The zero-order chi connectivity index (χ0) is 15.1. The molecule has 1 atom stereocenters. The molecule has 20 heavy (non-hydrogen) atoms. The fourth-order valence-corrected chi connectivity index (χ4v) is 2.47. The van der Waals surface area contributed by atoms with E-state index in [0.717, 1.165) is 16.9 Å². The minimum absolute atomic E-state index is 0.0321. The molecule has 0 saturated carbocycles. The number of imidazole rings is 1. The van der Waals surface area contributed by atoms with E-state index in [9.17, 15) is 4.79 Å². The number of amides is 1. The van der Waals surface area contributed by atoms with E-state index in [0.29, 0.717) is 12.1 Å². The molecule has 0 radical (unpaired) electrons. The fourth-order valence-electron chi connectivity index (χ4n) is 2.47. The van der Waals surface area contributed by atoms with E-state index in [4.69, 9.17) is 16.5 Å². The van der Waals surface area contributed by atoms with Crippen LogP contribution in [-0.2, 0) is 10.2 Å². The summed E-state index contributed by atoms with van der Waals surface area (Å²) in [5, 5.41) is 0. The van der Waals surface area contributed by atoms with Crippen molar-refractivity contribution < 1.29 is 4.79 Å². The van der Waals surface area contributed by atoms with E-state index in [2.05, 4.69) is 25.3 Å². The number of hydrogen-bond acceptors (Lipinski definition) is 3. The topological polar surface area (TPSA) is 86.9 Å². The number of nitrogens with zero attached hydrogens (tertiary/aromatic N) is 2. The van der Waals surface area contributed by atoms with Crippen LogP contribution in [0.1, 0.15) is 46.0 Å². The van der Waals surface area contributed by atoms with Crippen LogP contribution >= 0.6 is 0 Å². The Balaban J connectivity index is 2.67. The van der Waals surface area contributed by atoms with E-state index in [1.165, 1.54) is 0 Å². The molecular formula is C15H22N4O. The highest BCUT2D eigenvalue weighted by Crippen LogP contribution is 2.31. The van der Waals surface area contributed by atoms with Crippen LogP contribution in [0.3, 0.4) is 0 Å². The number of benzene rings is 1. The van der Waals surface area contributed by atoms with Gasteiger partial charge in [-0.15, -0.1) is 0 Å². The van der Waals surface area contributed by atoms with Crippen LogP contribution in [-0.4, -0.2) is 15.5 Å². The maximum absolute atomic E-state index is 11.2. The van der Waals surface area contributed by atoms with E-state index in [1.54, 1.807) is 0 Å². The summed E-state index contributed by atoms with van der Waals surface area (Å²) in [6, 6.07) is 5.63. The van der Waals surface area contributed by atoms with Crippen LogP contribution in [0, 0.1) is 0 Å². The molecule has 1 aromatic heterocycles. The fraction of sp³-hybridized carbons (Fsp3) is 0.467. The molecule has 2 aromatic rings. The van der Waals surface area contributed by atoms with E-state index in [1.807, 2.05) is 25.1 Å². The summed E-state index contributed by atoms with van der Waals surface area (Å²) in [7, 11) is 0. The molecule has 1 amide bonds. The zero-order valence-corrected chi connectivity index (χ0v) is 12.5. The highest BCUT2D eigenvalue weighted by molar-refractivity contribution is 5.80. The SMILES string of the molecule is CC(CC(N)=O)n1c(C(C)(C)C)nc2cc(N)ccc21. The van der Waals surface area contributed by atoms with Gasteiger partial charge in [0.05, 0.1) is 11.0 Å². The lowest BCUT2D eigenvalue weighted by atomic mass is 9.95. The Morgan fingerprint density at radius 3 is 2.60 bits per heavy atom. The van der Waals surface area contributed by atoms with Crippen LogP contribution in [0.4, 0.5) is 5.69 Å². The summed E-state index contributed by atoms with van der Waals surface area (Å²) >= 11 is 0. The minimum Gasteiger partial charge on any atom is -0.399 e. The molecule has 5 nitrogen and oxygen atoms in total. The summed E-state index contributed by atoms with van der Waals surface area (Å²) in [4.78, 5) is 15.9. The highest BCUT2D eigenvalue weighted by Gasteiger charge is 2.25. The van der Waals surface area contributed by atoms with Gasteiger partial charge in [-0.1, -0.05) is 20.8 Å². The second-order valence-corrected chi connectivity index (χ2v) is 6.32. The number of carbonyl (C=O) groups excluding carboxylic acids is 1. The predicted octanol–water partition coefficient (Wildman–Crippen LogP) is 2.35. The maximum atomic E-state index is 11.2. The molecule has 4 N–H and O–H groups in total. The number of fused-ring (bicyclic) bond motifs is 1. The average molecular weight is 274 g/mol. The third-order valence-electron chi connectivity index (χ3n) is 3.32. The van der Waals surface area contributed by atoms with E-state index >= 15 is 0 Å². The van der Waals surface area contributed by atoms with Gasteiger partial charge in [-0.05, 0) is 25.1 Å². The Hall–Kier alpha value is -2.04. The molecule has 0 spiro atoms. The van der Waals surface area contributed by atoms with Gasteiger partial charge < -0.3 is 16.0 Å². The number of rotatable bonds is 3. The van der Waals surface area contributed by atoms with Gasteiger partial charge in [0.25, 0.3) is 0 Å². The summed E-state index contributed by atoms with van der Waals surface area (Å²) < 4.78 is 2.10. The molecule has 1 heterocycles. The van der Waals surface area contributed by atoms with E-state index < -0.39 is 0 Å². The molecule has 0 aliphatic rings. The van der Waals surface area contributed by atoms with Crippen LogP contribution in [0.25, 0.3) is 11.0 Å². The third-order valence-corrected chi connectivity index (χ3v) is 3.32. The Morgan fingerprint density at radius 2 is 2.05 bits per heavy atom. The van der Waals surface area contributed by atoms with Gasteiger partial charge in [-0.25, -0.2) is 4.98 Å². The van der Waals surface area contributed by atoms with Gasteiger partial charge in [0.15, 0.2) is 0 Å². The van der Waals surface area contributed by atoms with Crippen molar-refractivity contribution in [3.05, 3.63) is 24.0 Å². The van der Waals surface area contributed by atoms with Crippen LogP contribution in [0.5, 0.6) is 0 Å². The molecule has 1 aromatic carbocycles. The van der Waals surface area contributed by atoms with Crippen molar-refractivity contribution in [2.75, 3.05) is 5.73 Å². The van der Waals surface area contributed by atoms with Gasteiger partial charge in [0.2, 0.25) is 5.91 Å². The number of nitrogens with two attached hydrogens (primary N) is 2. The van der Waals surface area contributed by atoms with Gasteiger partial charge in [-0.2, -0.15) is 0 Å². The number of carbonyl (C=O) groups is 1. The molecule has 108 valence electrons. The van der Waals surface area contributed by atoms with Crippen LogP contribution in [0.15, 0.2) is 18.2 Å². The van der Waals surface area contributed by atoms with Crippen molar-refractivity contribution in [2.24, 2.45) is 5.73 Å². The van der Waals surface area contributed by atoms with Crippen molar-refractivity contribution >= 4 is 22.6 Å². The van der Waals surface area contributed by atoms with Gasteiger partial charge in [-0.3, -0.25) is 4.79 Å². The highest BCUT2D eigenvalue weighted by atomic mass is 16.1. The molecule has 1 unspecified atom stereocenters. The number of primary amides is 1. The molecule has 0 aliphatic heterocycles. The van der Waals surface area contributed by atoms with Crippen LogP contribution < -0.4 is 11.5 Å². The predicted molar refractivity (Wildman–Crippen MR) is 81.4 cm³/mol. The summed E-state index contributed by atoms with van der Waals surface area (Å²) in [5.74, 6) is 0.626. The molecule has 5 heteroatoms. The Labute approximate surface area is 119 Å². The minimum atomic E-state index is -0.311. The Morgan fingerprint density at radius 1 is 1.40 bits per heavy atom. The number of nitrogen functional groups attached to an aromatic ring is 1. The van der Waals surface area contributed by atoms with Gasteiger partial charge in [0.1, 0.15) is 5.82 Å². The van der Waals surface area contributed by atoms with Crippen molar-refractivity contribution in [1.29, 1.82) is 0 Å². The summed E-state index contributed by atoms with van der Waals surface area (Å²) in [6.45, 7) is 8.29. The molecule has 0 aliphatic carbocycles. The first kappa shape index (κ1) is 14.4. The van der Waals surface area contributed by atoms with Crippen molar-refractivity contribution in [2.45, 2.75) is 45.6 Å². The number of anilines is 1. The molecule has 2 rings (SSSR count). The molecule has 0 fully saturated rings. The summed E-state index contributed by atoms with van der Waals surface area (Å²) in [6.07, 6.45) is 0.291. The van der Waals surface area contributed by atoms with Crippen molar-refractivity contribution in [3.63, 3.8) is 0 Å². The lowest BCUT2D eigenvalue weighted by Crippen LogP contribution is -2.24. The van der Waals surface area contributed by atoms with Gasteiger partial charge >= 0.3 is 0 Å². The number of aromatic nitrogens is 2. The van der Waals surface area contributed by atoms with Gasteiger partial charge in [0, 0.05) is 23.6 Å². The monoisotopic (exact) mass is 274 g/mol. The lowest BCUT2D eigenvalue weighted by molar-refractivity contribution is -0.118. The Bertz CT molecular complexity index is 652. The first-order valence-corrected chi connectivity index (χ1v) is 6.76. The second-order valence-electron chi connectivity index (χ2n) is 6.32. The maximum Gasteiger partial charge on any atom is 0.219 e. The molecule has 0 saturated heterocycles. The zero-order valence-electron chi connectivity index (χ0n) is 12.5. The molecule has 0 bridgehead atoms.